The van der Waals surface area contributed by atoms with E-state index in [9.17, 15) is 4.79 Å². The van der Waals surface area contributed by atoms with Gasteiger partial charge in [0.1, 0.15) is 0 Å². The zero-order chi connectivity index (χ0) is 17.8. The first-order valence-electron chi connectivity index (χ1n) is 9.14. The molecule has 0 unspecified atom stereocenters. The van der Waals surface area contributed by atoms with Crippen molar-refractivity contribution >= 4 is 5.91 Å². The number of rotatable bonds is 6. The van der Waals surface area contributed by atoms with E-state index in [4.69, 9.17) is 0 Å². The molecular weight excluding hydrogens is 312 g/mol. The summed E-state index contributed by atoms with van der Waals surface area (Å²) in [7, 11) is 0. The normalized spacial score (nSPS) is 16.1. The van der Waals surface area contributed by atoms with Gasteiger partial charge >= 0.3 is 0 Å². The SMILES string of the molecule is Cc1cc(C)n(C[C@@H](C)NC(=O)c2cccc(CN3CCCC3)c2)n1. The Hall–Kier alpha value is -2.14. The van der Waals surface area contributed by atoms with Crippen LogP contribution in [0.15, 0.2) is 30.3 Å². The summed E-state index contributed by atoms with van der Waals surface area (Å²) in [5, 5.41) is 7.55. The van der Waals surface area contributed by atoms with Gasteiger partial charge in [-0.3, -0.25) is 14.4 Å². The molecule has 3 rings (SSSR count). The zero-order valence-corrected chi connectivity index (χ0v) is 15.5. The van der Waals surface area contributed by atoms with Crippen molar-refractivity contribution in [3.63, 3.8) is 0 Å². The van der Waals surface area contributed by atoms with Crippen LogP contribution in [0.2, 0.25) is 0 Å². The molecule has 0 spiro atoms. The van der Waals surface area contributed by atoms with Gasteiger partial charge in [0, 0.05) is 23.8 Å². The van der Waals surface area contributed by atoms with Gasteiger partial charge in [-0.2, -0.15) is 5.10 Å². The molecule has 1 atom stereocenters. The van der Waals surface area contributed by atoms with Crippen LogP contribution in [0, 0.1) is 13.8 Å². The minimum absolute atomic E-state index is 0.0164. The number of aromatic nitrogens is 2. The van der Waals surface area contributed by atoms with Crippen LogP contribution >= 0.6 is 0 Å². The summed E-state index contributed by atoms with van der Waals surface area (Å²) < 4.78 is 1.95. The van der Waals surface area contributed by atoms with E-state index in [1.165, 1.54) is 18.4 Å². The van der Waals surface area contributed by atoms with Gasteiger partial charge in [-0.25, -0.2) is 0 Å². The van der Waals surface area contributed by atoms with Crippen LogP contribution in [0.3, 0.4) is 0 Å². The minimum Gasteiger partial charge on any atom is -0.348 e. The Morgan fingerprint density at radius 2 is 2.00 bits per heavy atom. The van der Waals surface area contributed by atoms with E-state index in [1.54, 1.807) is 0 Å². The van der Waals surface area contributed by atoms with Gasteiger partial charge in [-0.15, -0.1) is 0 Å². The Morgan fingerprint density at radius 1 is 1.24 bits per heavy atom. The van der Waals surface area contributed by atoms with Crippen LogP contribution in [0.25, 0.3) is 0 Å². The third-order valence-electron chi connectivity index (χ3n) is 4.72. The lowest BCUT2D eigenvalue weighted by atomic mass is 10.1. The molecule has 25 heavy (non-hydrogen) atoms. The maximum absolute atomic E-state index is 12.6. The van der Waals surface area contributed by atoms with E-state index in [0.717, 1.165) is 36.6 Å². The second-order valence-corrected chi connectivity index (χ2v) is 7.17. The van der Waals surface area contributed by atoms with Crippen molar-refractivity contribution in [2.75, 3.05) is 13.1 Å². The molecule has 0 aliphatic carbocycles. The lowest BCUT2D eigenvalue weighted by Crippen LogP contribution is -2.36. The second kappa shape index (κ2) is 7.83. The van der Waals surface area contributed by atoms with Crippen LogP contribution < -0.4 is 5.32 Å². The Labute approximate surface area is 150 Å². The van der Waals surface area contributed by atoms with Crippen molar-refractivity contribution in [2.45, 2.75) is 52.7 Å². The summed E-state index contributed by atoms with van der Waals surface area (Å²) >= 11 is 0. The number of amides is 1. The first-order valence-corrected chi connectivity index (χ1v) is 9.14. The summed E-state index contributed by atoms with van der Waals surface area (Å²) in [4.78, 5) is 15.0. The van der Waals surface area contributed by atoms with Crippen molar-refractivity contribution in [1.82, 2.24) is 20.0 Å². The molecule has 1 aromatic carbocycles. The van der Waals surface area contributed by atoms with Crippen molar-refractivity contribution in [3.05, 3.63) is 52.8 Å². The molecule has 2 aromatic rings. The summed E-state index contributed by atoms with van der Waals surface area (Å²) in [5.74, 6) is -0.0164. The van der Waals surface area contributed by atoms with Crippen molar-refractivity contribution < 1.29 is 4.79 Å². The van der Waals surface area contributed by atoms with Gasteiger partial charge < -0.3 is 5.32 Å². The molecule has 1 aliphatic rings. The molecule has 1 N–H and O–H groups in total. The predicted molar refractivity (Wildman–Crippen MR) is 99.6 cm³/mol. The lowest BCUT2D eigenvalue weighted by Gasteiger charge is -2.17. The smallest absolute Gasteiger partial charge is 0.251 e. The molecule has 2 heterocycles. The van der Waals surface area contributed by atoms with Crippen LogP contribution in [-0.4, -0.2) is 39.7 Å². The van der Waals surface area contributed by atoms with Crippen LogP contribution in [0.4, 0.5) is 0 Å². The van der Waals surface area contributed by atoms with E-state index in [-0.39, 0.29) is 11.9 Å². The summed E-state index contributed by atoms with van der Waals surface area (Å²) in [5.41, 5.74) is 4.06. The summed E-state index contributed by atoms with van der Waals surface area (Å²) in [6, 6.07) is 10.1. The molecule has 1 amide bonds. The molecule has 0 saturated carbocycles. The second-order valence-electron chi connectivity index (χ2n) is 7.17. The monoisotopic (exact) mass is 340 g/mol. The number of hydrogen-bond acceptors (Lipinski definition) is 3. The largest absolute Gasteiger partial charge is 0.348 e. The molecule has 5 nitrogen and oxygen atoms in total. The highest BCUT2D eigenvalue weighted by atomic mass is 16.1. The molecule has 5 heteroatoms. The van der Waals surface area contributed by atoms with Gasteiger partial charge in [-0.05, 0) is 70.5 Å². The van der Waals surface area contributed by atoms with Gasteiger partial charge in [0.05, 0.1) is 12.2 Å². The Bertz CT molecular complexity index is 731. The Kier molecular flexibility index (Phi) is 5.53. The zero-order valence-electron chi connectivity index (χ0n) is 15.5. The van der Waals surface area contributed by atoms with E-state index < -0.39 is 0 Å². The van der Waals surface area contributed by atoms with Gasteiger partial charge in [0.15, 0.2) is 0 Å². The van der Waals surface area contributed by atoms with Crippen molar-refractivity contribution in [3.8, 4) is 0 Å². The van der Waals surface area contributed by atoms with Crippen molar-refractivity contribution in [2.24, 2.45) is 0 Å². The molecule has 1 aliphatic heterocycles. The Morgan fingerprint density at radius 3 is 2.68 bits per heavy atom. The van der Waals surface area contributed by atoms with E-state index in [1.807, 2.05) is 43.7 Å². The third kappa shape index (κ3) is 4.69. The highest BCUT2D eigenvalue weighted by Crippen LogP contribution is 2.14. The van der Waals surface area contributed by atoms with Crippen LogP contribution in [-0.2, 0) is 13.1 Å². The van der Waals surface area contributed by atoms with Gasteiger partial charge in [0.25, 0.3) is 5.91 Å². The molecule has 0 radical (unpaired) electrons. The van der Waals surface area contributed by atoms with Gasteiger partial charge in [0.2, 0.25) is 0 Å². The maximum atomic E-state index is 12.6. The average molecular weight is 340 g/mol. The highest BCUT2D eigenvalue weighted by molar-refractivity contribution is 5.94. The fourth-order valence-corrected chi connectivity index (χ4v) is 3.48. The van der Waals surface area contributed by atoms with E-state index in [2.05, 4.69) is 27.4 Å². The number of nitrogens with zero attached hydrogens (tertiary/aromatic N) is 3. The summed E-state index contributed by atoms with van der Waals surface area (Å²) in [6.07, 6.45) is 2.56. The number of hydrogen-bond donors (Lipinski definition) is 1. The van der Waals surface area contributed by atoms with E-state index in [0.29, 0.717) is 6.54 Å². The predicted octanol–water partition coefficient (Wildman–Crippen LogP) is 2.91. The molecule has 0 bridgehead atoms. The molecule has 1 saturated heterocycles. The summed E-state index contributed by atoms with van der Waals surface area (Å²) in [6.45, 7) is 9.98. The third-order valence-corrected chi connectivity index (χ3v) is 4.72. The number of carbonyl (C=O) groups excluding carboxylic acids is 1. The molecule has 1 aromatic heterocycles. The van der Waals surface area contributed by atoms with Crippen LogP contribution in [0.1, 0.15) is 47.1 Å². The number of nitrogens with one attached hydrogen (secondary N) is 1. The quantitative estimate of drug-likeness (QED) is 0.880. The first kappa shape index (κ1) is 17.7. The Balaban J connectivity index is 1.59. The van der Waals surface area contributed by atoms with E-state index >= 15 is 0 Å². The highest BCUT2D eigenvalue weighted by Gasteiger charge is 2.15. The first-order chi connectivity index (χ1) is 12.0. The molecule has 134 valence electrons. The topological polar surface area (TPSA) is 50.2 Å². The average Bonchev–Trinajstić information content (AvgIpc) is 3.17. The fraction of sp³-hybridized carbons (Fsp3) is 0.500. The number of benzene rings is 1. The maximum Gasteiger partial charge on any atom is 0.251 e. The van der Waals surface area contributed by atoms with Crippen LogP contribution in [0.5, 0.6) is 0 Å². The minimum atomic E-state index is -0.0164. The number of likely N-dealkylation sites (tertiary alicyclic amines) is 1. The lowest BCUT2D eigenvalue weighted by molar-refractivity contribution is 0.0935. The van der Waals surface area contributed by atoms with Crippen molar-refractivity contribution in [1.29, 1.82) is 0 Å². The standard InChI is InChI=1S/C20H28N4O/c1-15-11-17(3)24(22-15)13-16(2)21-20(25)19-8-6-7-18(12-19)14-23-9-4-5-10-23/h6-8,11-12,16H,4-5,9-10,13-14H2,1-3H3,(H,21,25)/t16-/m1/s1. The molecule has 1 fully saturated rings. The fourth-order valence-electron chi connectivity index (χ4n) is 3.48. The van der Waals surface area contributed by atoms with Gasteiger partial charge in [-0.1, -0.05) is 12.1 Å². The number of carbonyl (C=O) groups is 1. The number of aryl methyl sites for hydroxylation is 2. The molecular formula is C20H28N4O.